The maximum Gasteiger partial charge on any atom is 0.164 e. The van der Waals surface area contributed by atoms with E-state index >= 15 is 0 Å². The molecule has 0 aliphatic carbocycles. The van der Waals surface area contributed by atoms with Crippen LogP contribution in [0.4, 0.5) is 0 Å². The van der Waals surface area contributed by atoms with Crippen molar-refractivity contribution in [2.45, 2.75) is 0 Å². The van der Waals surface area contributed by atoms with Crippen molar-refractivity contribution < 1.29 is 0 Å². The summed E-state index contributed by atoms with van der Waals surface area (Å²) < 4.78 is 4.76. The predicted molar refractivity (Wildman–Crippen MR) is 257 cm³/mol. The van der Waals surface area contributed by atoms with Gasteiger partial charge in [-0.15, -0.1) is 0 Å². The van der Waals surface area contributed by atoms with Gasteiger partial charge in [0.2, 0.25) is 0 Å². The van der Waals surface area contributed by atoms with Crippen molar-refractivity contribution in [2.75, 3.05) is 0 Å². The average molecular weight is 790 g/mol. The van der Waals surface area contributed by atoms with Crippen LogP contribution < -0.4 is 0 Å². The molecule has 0 atom stereocenters. The number of nitrogens with zero attached hydrogens (tertiary/aromatic N) is 5. The molecular formula is C57H35N5. The minimum Gasteiger partial charge on any atom is -0.309 e. The predicted octanol–water partition coefficient (Wildman–Crippen LogP) is 14.5. The highest BCUT2D eigenvalue weighted by molar-refractivity contribution is 6.16. The molecule has 0 radical (unpaired) electrons. The molecule has 288 valence electrons. The van der Waals surface area contributed by atoms with Crippen LogP contribution in [0.5, 0.6) is 0 Å². The lowest BCUT2D eigenvalue weighted by molar-refractivity contribution is 1.08. The zero-order chi connectivity index (χ0) is 40.7. The number of fused-ring (bicyclic) bond motifs is 9. The lowest BCUT2D eigenvalue weighted by atomic mass is 10.0. The van der Waals surface area contributed by atoms with Gasteiger partial charge in [0.15, 0.2) is 17.5 Å². The summed E-state index contributed by atoms with van der Waals surface area (Å²) in [5, 5.41) is 11.6. The molecule has 0 amide bonds. The Morgan fingerprint density at radius 3 is 1.66 bits per heavy atom. The molecule has 13 aromatic rings. The molecule has 0 N–H and O–H groups in total. The van der Waals surface area contributed by atoms with Crippen molar-refractivity contribution in [1.82, 2.24) is 24.1 Å². The first kappa shape index (κ1) is 34.5. The van der Waals surface area contributed by atoms with Crippen LogP contribution in [0.25, 0.3) is 121 Å². The second kappa shape index (κ2) is 13.6. The van der Waals surface area contributed by atoms with Gasteiger partial charge >= 0.3 is 0 Å². The second-order valence-electron chi connectivity index (χ2n) is 16.0. The van der Waals surface area contributed by atoms with E-state index in [-0.39, 0.29) is 0 Å². The summed E-state index contributed by atoms with van der Waals surface area (Å²) in [6.45, 7) is 0. The number of hydrogen-bond donors (Lipinski definition) is 0. The molecule has 13 rings (SSSR count). The molecule has 3 aromatic heterocycles. The van der Waals surface area contributed by atoms with Gasteiger partial charge in [-0.2, -0.15) is 0 Å². The molecule has 0 bridgehead atoms. The molecule has 0 aliphatic rings. The summed E-state index contributed by atoms with van der Waals surface area (Å²) in [7, 11) is 0. The first-order chi connectivity index (χ1) is 30.7. The van der Waals surface area contributed by atoms with Crippen LogP contribution in [0.1, 0.15) is 0 Å². The highest BCUT2D eigenvalue weighted by atomic mass is 15.0. The number of aromatic nitrogens is 5. The van der Waals surface area contributed by atoms with Gasteiger partial charge in [0.05, 0.1) is 27.8 Å². The standard InChI is InChI=1S/C57H35N5/c1-2-19-41(20-3-1)61-50-27-13-11-24-46(50)54-47(25-14-28-52(54)61)57-59-55(40-30-29-36-15-4-5-16-37(36)33-40)58-56(60-57)45-31-32-51(43-22-9-8-21-42(43)45)62-49-26-12-10-23-44(49)48-34-38-17-6-7-18-39(38)35-53(48)62/h1-35H. The van der Waals surface area contributed by atoms with Crippen LogP contribution in [0.3, 0.4) is 0 Å². The second-order valence-corrected chi connectivity index (χ2v) is 16.0. The van der Waals surface area contributed by atoms with Gasteiger partial charge in [-0.05, 0) is 87.6 Å². The third-order valence-corrected chi connectivity index (χ3v) is 12.5. The Morgan fingerprint density at radius 1 is 0.290 bits per heavy atom. The molecule has 5 nitrogen and oxygen atoms in total. The summed E-state index contributed by atoms with van der Waals surface area (Å²) in [6.07, 6.45) is 0. The highest BCUT2D eigenvalue weighted by Gasteiger charge is 2.22. The van der Waals surface area contributed by atoms with Crippen molar-refractivity contribution >= 4 is 75.9 Å². The van der Waals surface area contributed by atoms with Crippen molar-refractivity contribution in [1.29, 1.82) is 0 Å². The van der Waals surface area contributed by atoms with Gasteiger partial charge in [0.25, 0.3) is 0 Å². The normalized spacial score (nSPS) is 11.9. The Balaban J connectivity index is 1.08. The van der Waals surface area contributed by atoms with Gasteiger partial charge < -0.3 is 9.13 Å². The van der Waals surface area contributed by atoms with Gasteiger partial charge in [0, 0.05) is 49.3 Å². The zero-order valence-corrected chi connectivity index (χ0v) is 33.4. The zero-order valence-electron chi connectivity index (χ0n) is 33.4. The van der Waals surface area contributed by atoms with E-state index in [2.05, 4.69) is 221 Å². The summed E-state index contributed by atoms with van der Waals surface area (Å²) in [5.41, 5.74) is 9.61. The third-order valence-electron chi connectivity index (χ3n) is 12.5. The van der Waals surface area contributed by atoms with Crippen LogP contribution >= 0.6 is 0 Å². The van der Waals surface area contributed by atoms with E-state index in [4.69, 9.17) is 15.0 Å². The third kappa shape index (κ3) is 5.25. The van der Waals surface area contributed by atoms with E-state index in [0.29, 0.717) is 17.5 Å². The Bertz CT molecular complexity index is 3930. The van der Waals surface area contributed by atoms with Crippen LogP contribution in [0.2, 0.25) is 0 Å². The monoisotopic (exact) mass is 789 g/mol. The van der Waals surface area contributed by atoms with E-state index in [9.17, 15) is 0 Å². The molecule has 5 heteroatoms. The summed E-state index contributed by atoms with van der Waals surface area (Å²) in [6, 6.07) is 75.7. The van der Waals surface area contributed by atoms with Crippen LogP contribution in [-0.4, -0.2) is 24.1 Å². The van der Waals surface area contributed by atoms with Crippen LogP contribution in [0.15, 0.2) is 212 Å². The van der Waals surface area contributed by atoms with Crippen molar-refractivity contribution in [3.05, 3.63) is 212 Å². The first-order valence-corrected chi connectivity index (χ1v) is 21.0. The fraction of sp³-hybridized carbons (Fsp3) is 0. The summed E-state index contributed by atoms with van der Waals surface area (Å²) in [5.74, 6) is 1.88. The number of rotatable bonds is 5. The molecule has 10 aromatic carbocycles. The summed E-state index contributed by atoms with van der Waals surface area (Å²) >= 11 is 0. The average Bonchev–Trinajstić information content (AvgIpc) is 3.85. The SMILES string of the molecule is c1ccc(-n2c3ccccc3c3c(-c4nc(-c5ccc6ccccc6c5)nc(-c5ccc(-n6c7ccccc7c7cc8ccccc8cc76)c6ccccc56)n4)cccc32)cc1. The van der Waals surface area contributed by atoms with Crippen LogP contribution in [-0.2, 0) is 0 Å². The Morgan fingerprint density at radius 2 is 0.871 bits per heavy atom. The lowest BCUT2D eigenvalue weighted by Gasteiger charge is -2.15. The minimum absolute atomic E-state index is 0.623. The van der Waals surface area contributed by atoms with E-state index in [1.54, 1.807) is 0 Å². The van der Waals surface area contributed by atoms with Gasteiger partial charge in [-0.25, -0.2) is 15.0 Å². The van der Waals surface area contributed by atoms with Gasteiger partial charge in [0.1, 0.15) is 0 Å². The van der Waals surface area contributed by atoms with E-state index in [0.717, 1.165) is 66.0 Å². The molecule has 0 fully saturated rings. The Labute approximate surface area is 356 Å². The molecule has 3 heterocycles. The molecular weight excluding hydrogens is 755 g/mol. The maximum atomic E-state index is 5.44. The molecule has 62 heavy (non-hydrogen) atoms. The fourth-order valence-corrected chi connectivity index (χ4v) is 9.72. The van der Waals surface area contributed by atoms with Crippen molar-refractivity contribution in [3.63, 3.8) is 0 Å². The minimum atomic E-state index is 0.623. The van der Waals surface area contributed by atoms with Gasteiger partial charge in [-0.1, -0.05) is 152 Å². The van der Waals surface area contributed by atoms with E-state index in [1.807, 2.05) is 0 Å². The lowest BCUT2D eigenvalue weighted by Crippen LogP contribution is -2.02. The number of benzene rings is 10. The summed E-state index contributed by atoms with van der Waals surface area (Å²) in [4.78, 5) is 16.1. The molecule has 0 unspecified atom stereocenters. The maximum absolute atomic E-state index is 5.44. The molecule has 0 saturated heterocycles. The van der Waals surface area contributed by atoms with Crippen molar-refractivity contribution in [2.24, 2.45) is 0 Å². The molecule has 0 spiro atoms. The fourth-order valence-electron chi connectivity index (χ4n) is 9.72. The Hall–Kier alpha value is -8.41. The smallest absolute Gasteiger partial charge is 0.164 e. The topological polar surface area (TPSA) is 48.5 Å². The van der Waals surface area contributed by atoms with Gasteiger partial charge in [-0.3, -0.25) is 0 Å². The quantitative estimate of drug-likeness (QED) is 0.174. The molecule has 0 saturated carbocycles. The number of para-hydroxylation sites is 3. The molecule has 0 aliphatic heterocycles. The van der Waals surface area contributed by atoms with E-state index in [1.165, 1.54) is 38.0 Å². The van der Waals surface area contributed by atoms with Crippen LogP contribution in [0, 0.1) is 0 Å². The largest absolute Gasteiger partial charge is 0.309 e. The number of hydrogen-bond acceptors (Lipinski definition) is 3. The van der Waals surface area contributed by atoms with E-state index < -0.39 is 0 Å². The van der Waals surface area contributed by atoms with Crippen molar-refractivity contribution in [3.8, 4) is 45.5 Å². The first-order valence-electron chi connectivity index (χ1n) is 21.0. The highest BCUT2D eigenvalue weighted by Crippen LogP contribution is 2.41. The Kier molecular flexibility index (Phi) is 7.54.